The highest BCUT2D eigenvalue weighted by Crippen LogP contribution is 2.39. The van der Waals surface area contributed by atoms with E-state index >= 15 is 0 Å². The van der Waals surface area contributed by atoms with Gasteiger partial charge in [0.15, 0.2) is 11.5 Å². The summed E-state index contributed by atoms with van der Waals surface area (Å²) in [6, 6.07) is 12.7. The summed E-state index contributed by atoms with van der Waals surface area (Å²) in [6.45, 7) is -0.183. The van der Waals surface area contributed by atoms with Crippen LogP contribution in [0.2, 0.25) is 0 Å². The summed E-state index contributed by atoms with van der Waals surface area (Å²) in [5.41, 5.74) is 8.69. The van der Waals surface area contributed by atoms with Crippen molar-refractivity contribution in [1.29, 1.82) is 0 Å². The number of nitrogens with two attached hydrogens (primary N) is 1. The van der Waals surface area contributed by atoms with E-state index in [-0.39, 0.29) is 48.4 Å². The van der Waals surface area contributed by atoms with Crippen molar-refractivity contribution in [2.75, 3.05) is 18.9 Å². The van der Waals surface area contributed by atoms with Crippen LogP contribution in [0.15, 0.2) is 67.0 Å². The molecule has 9 nitrogen and oxygen atoms in total. The number of phenolic OH excluding ortho intramolecular Hbond substituents is 1. The number of rotatable bonds is 11. The number of anilines is 1. The van der Waals surface area contributed by atoms with Crippen LogP contribution in [-0.4, -0.2) is 62.0 Å². The van der Waals surface area contributed by atoms with Crippen molar-refractivity contribution in [3.63, 3.8) is 0 Å². The summed E-state index contributed by atoms with van der Waals surface area (Å²) in [5.74, 6) is 6.32. The fourth-order valence-corrected chi connectivity index (χ4v) is 6.88. The van der Waals surface area contributed by atoms with E-state index in [2.05, 4.69) is 21.8 Å². The molecule has 0 bridgehead atoms. The maximum Gasteiger partial charge on any atom is 0.161 e. The Morgan fingerprint density at radius 2 is 1.87 bits per heavy atom. The lowest BCUT2D eigenvalue weighted by molar-refractivity contribution is -0.00709. The van der Waals surface area contributed by atoms with Gasteiger partial charge in [-0.15, -0.1) is 0 Å². The molecule has 1 aromatic carbocycles. The predicted molar refractivity (Wildman–Crippen MR) is 176 cm³/mol. The second-order valence-electron chi connectivity index (χ2n) is 12.7. The largest absolute Gasteiger partial charge is 0.668 e. The summed E-state index contributed by atoms with van der Waals surface area (Å²) >= 11 is 0. The first-order chi connectivity index (χ1) is 22.3. The summed E-state index contributed by atoms with van der Waals surface area (Å²) < 4.78 is 6.26. The monoisotopic (exact) mass is 628 g/mol. The van der Waals surface area contributed by atoms with Gasteiger partial charge in [-0.25, -0.2) is 4.98 Å². The van der Waals surface area contributed by atoms with Gasteiger partial charge in [-0.2, -0.15) is 11.9 Å². The van der Waals surface area contributed by atoms with Crippen LogP contribution >= 0.6 is 0 Å². The lowest BCUT2D eigenvalue weighted by Crippen LogP contribution is -2.36. The molecule has 3 aromatic rings. The lowest BCUT2D eigenvalue weighted by Gasteiger charge is -2.31. The number of nitrogen functional groups attached to an aromatic ring is 1. The molecular formula is C37H46N3O6-. The number of hydrogen-bond acceptors (Lipinski definition) is 8. The zero-order valence-electron chi connectivity index (χ0n) is 26.2. The first-order valence-corrected chi connectivity index (χ1v) is 16.4. The third-order valence-corrected chi connectivity index (χ3v) is 9.39. The number of nitrogens with zero attached hydrogens (tertiary/aromatic N) is 2. The van der Waals surface area contributed by atoms with E-state index in [0.29, 0.717) is 37.9 Å². The van der Waals surface area contributed by atoms with Crippen LogP contribution in [-0.2, 0) is 6.42 Å². The van der Waals surface area contributed by atoms with Gasteiger partial charge in [0.05, 0.1) is 18.8 Å². The van der Waals surface area contributed by atoms with Crippen LogP contribution in [0.5, 0.6) is 11.5 Å². The fourth-order valence-electron chi connectivity index (χ4n) is 6.88. The van der Waals surface area contributed by atoms with Gasteiger partial charge in [0.1, 0.15) is 11.9 Å². The number of benzene rings is 1. The number of phenols is 1. The summed E-state index contributed by atoms with van der Waals surface area (Å²) in [7, 11) is 0. The maximum absolute atomic E-state index is 11.4. The molecule has 2 aliphatic rings. The summed E-state index contributed by atoms with van der Waals surface area (Å²) in [4.78, 5) is 8.54. The Bertz CT molecular complexity index is 1480. The third kappa shape index (κ3) is 8.71. The van der Waals surface area contributed by atoms with Crippen LogP contribution in [0.25, 0.3) is 0 Å². The van der Waals surface area contributed by atoms with E-state index < -0.39 is 24.2 Å². The molecule has 2 aromatic heterocycles. The Balaban J connectivity index is 1.36. The van der Waals surface area contributed by atoms with Crippen molar-refractivity contribution in [2.45, 2.75) is 81.5 Å². The van der Waals surface area contributed by atoms with E-state index in [1.54, 1.807) is 24.5 Å². The molecule has 9 heteroatoms. The number of hydrogen-bond donors (Lipinski definition) is 6. The molecule has 2 aliphatic carbocycles. The van der Waals surface area contributed by atoms with Gasteiger partial charge in [0.2, 0.25) is 0 Å². The van der Waals surface area contributed by atoms with Crippen LogP contribution in [0.1, 0.15) is 73.6 Å². The number of aromatic hydroxyl groups is 1. The van der Waals surface area contributed by atoms with E-state index in [0.717, 1.165) is 36.1 Å². The molecule has 7 N–H and O–H groups in total. The minimum absolute atomic E-state index is 0.0480. The number of allylic oxidation sites excluding steroid dienone is 2. The van der Waals surface area contributed by atoms with E-state index in [4.69, 9.17) is 10.5 Å². The van der Waals surface area contributed by atoms with Gasteiger partial charge in [-0.1, -0.05) is 55.0 Å². The van der Waals surface area contributed by atoms with Gasteiger partial charge >= 0.3 is 0 Å². The van der Waals surface area contributed by atoms with E-state index in [9.17, 15) is 25.5 Å². The van der Waals surface area contributed by atoms with Crippen LogP contribution in [0.4, 0.5) is 5.82 Å². The Kier molecular flexibility index (Phi) is 11.8. The molecule has 0 saturated heterocycles. The van der Waals surface area contributed by atoms with Gasteiger partial charge in [0.25, 0.3) is 0 Å². The Labute approximate surface area is 271 Å². The van der Waals surface area contributed by atoms with Crippen LogP contribution in [0, 0.1) is 29.6 Å². The second-order valence-corrected chi connectivity index (χ2v) is 12.7. The summed E-state index contributed by atoms with van der Waals surface area (Å²) in [6.07, 6.45) is 10.6. The number of pyridine rings is 1. The van der Waals surface area contributed by atoms with Crippen LogP contribution < -0.4 is 15.5 Å². The number of fused-ring (bicyclic) bond motifs is 1. The van der Waals surface area contributed by atoms with Gasteiger partial charge < -0.3 is 41.0 Å². The quantitative estimate of drug-likeness (QED) is 0.136. The molecule has 246 valence electrons. The highest BCUT2D eigenvalue weighted by molar-refractivity contribution is 5.44. The topological polar surface area (TPSA) is 163 Å². The molecule has 0 saturated carbocycles. The Morgan fingerprint density at radius 3 is 2.63 bits per heavy atom. The average Bonchev–Trinajstić information content (AvgIpc) is 3.50. The Morgan fingerprint density at radius 1 is 1.02 bits per heavy atom. The molecule has 0 unspecified atom stereocenters. The molecule has 5 rings (SSSR count). The molecule has 0 radical (unpaired) electrons. The minimum Gasteiger partial charge on any atom is -0.668 e. The molecule has 46 heavy (non-hydrogen) atoms. The van der Waals surface area contributed by atoms with Crippen molar-refractivity contribution in [3.8, 4) is 23.3 Å². The fraction of sp³-hybridized carbons (Fsp3) is 0.486. The molecule has 0 fully saturated rings. The maximum atomic E-state index is 11.4. The zero-order valence-corrected chi connectivity index (χ0v) is 26.2. The molecule has 0 spiro atoms. The third-order valence-electron chi connectivity index (χ3n) is 9.39. The molecule has 8 atom stereocenters. The van der Waals surface area contributed by atoms with E-state index in [1.165, 1.54) is 0 Å². The number of aliphatic hydroxyl groups is 4. The molecular weight excluding hydrogens is 582 g/mol. The summed E-state index contributed by atoms with van der Waals surface area (Å²) in [5, 5.41) is 53.2. The van der Waals surface area contributed by atoms with Gasteiger partial charge in [-0.05, 0) is 79.8 Å². The number of aliphatic hydroxyl groups excluding tert-OH is 4. The SMILES string of the molecule is Nc1cc([C@@H](Cc2ccc[n-]2)C[C@H](CO)Oc2cc([C@@H]3C=C[C@H]4C#C[C@@H](CCO)CCCC[C@H](O)[C@@H]4[C@H](O)C3)ccc2O)ccn1. The van der Waals surface area contributed by atoms with E-state index in [1.807, 2.05) is 42.5 Å². The van der Waals surface area contributed by atoms with Crippen molar-refractivity contribution < 1.29 is 30.3 Å². The average molecular weight is 629 g/mol. The molecule has 0 aliphatic heterocycles. The van der Waals surface area contributed by atoms with Crippen molar-refractivity contribution in [1.82, 2.24) is 9.97 Å². The minimum atomic E-state index is -0.799. The molecule has 2 heterocycles. The number of ether oxygens (including phenoxy) is 1. The first-order valence-electron chi connectivity index (χ1n) is 16.4. The van der Waals surface area contributed by atoms with Crippen molar-refractivity contribution >= 4 is 5.82 Å². The normalized spacial score (nSPS) is 26.2. The predicted octanol–water partition coefficient (Wildman–Crippen LogP) is 4.06. The highest BCUT2D eigenvalue weighted by atomic mass is 16.5. The van der Waals surface area contributed by atoms with Crippen LogP contribution in [0.3, 0.4) is 0 Å². The first kappa shape index (κ1) is 33.6. The second kappa shape index (κ2) is 16.1. The van der Waals surface area contributed by atoms with Crippen molar-refractivity contribution in [3.05, 3.63) is 83.8 Å². The van der Waals surface area contributed by atoms with Gasteiger partial charge in [-0.3, -0.25) is 0 Å². The zero-order chi connectivity index (χ0) is 32.5. The highest BCUT2D eigenvalue weighted by Gasteiger charge is 2.36. The Hall–Kier alpha value is -3.81. The smallest absolute Gasteiger partial charge is 0.161 e. The molecule has 0 amide bonds. The lowest BCUT2D eigenvalue weighted by atomic mass is 9.79. The standard InChI is InChI=1S/C37H46N3O6/c38-36-22-28(13-16-40-36)29(18-30-5-3-15-39-30)19-31(23-42)46-35-21-27(11-12-32(35)43)26-10-9-25-8-7-24(14-17-41)4-1-2-6-33(44)37(25)34(45)20-26/h3,5,9-13,15-16,21-22,24-26,29,31,33-34,37,41-45H,1-2,4,6,14,17-20,23H2,(H2,38,40)/q-1/t24-,25+,26+,29-,31+,33-,34+,37+/m0/s1. The van der Waals surface area contributed by atoms with Gasteiger partial charge in [0, 0.05) is 36.5 Å². The van der Waals surface area contributed by atoms with Crippen molar-refractivity contribution in [2.24, 2.45) is 17.8 Å². The number of aromatic nitrogens is 2.